The monoisotopic (exact) mass is 339 g/mol. The zero-order chi connectivity index (χ0) is 15.1. The molecule has 2 rings (SSSR count). The van der Waals surface area contributed by atoms with Crippen LogP contribution in [-0.2, 0) is 14.8 Å². The lowest BCUT2D eigenvalue weighted by atomic mass is 10.2. The van der Waals surface area contributed by atoms with Gasteiger partial charge in [0.25, 0.3) is 0 Å². The van der Waals surface area contributed by atoms with Gasteiger partial charge in [0.2, 0.25) is 10.0 Å². The van der Waals surface area contributed by atoms with E-state index in [4.69, 9.17) is 28.3 Å². The third-order valence-corrected chi connectivity index (χ3v) is 5.50. The number of rotatable bonds is 3. The summed E-state index contributed by atoms with van der Waals surface area (Å²) in [6.07, 6.45) is 0.662. The van der Waals surface area contributed by atoms with Crippen LogP contribution in [0, 0.1) is 0 Å². The van der Waals surface area contributed by atoms with Crippen molar-refractivity contribution in [1.82, 2.24) is 4.31 Å². The smallest absolute Gasteiger partial charge is 0.322 e. The van der Waals surface area contributed by atoms with E-state index in [2.05, 4.69) is 0 Å². The van der Waals surface area contributed by atoms with E-state index in [9.17, 15) is 18.3 Å². The summed E-state index contributed by atoms with van der Waals surface area (Å²) in [6, 6.07) is 1.11. The Bertz CT molecular complexity index is 661. The van der Waals surface area contributed by atoms with Gasteiger partial charge in [0.1, 0.15) is 10.9 Å². The number of nitrogens with zero attached hydrogens (tertiary/aromatic N) is 1. The zero-order valence-electron chi connectivity index (χ0n) is 10.1. The molecule has 0 amide bonds. The molecule has 0 saturated carbocycles. The van der Waals surface area contributed by atoms with E-state index in [1.807, 2.05) is 0 Å². The molecule has 1 saturated heterocycles. The molecule has 6 nitrogen and oxygen atoms in total. The predicted octanol–water partition coefficient (Wildman–Crippen LogP) is 1.94. The second kappa shape index (κ2) is 5.40. The third kappa shape index (κ3) is 2.58. The molecule has 2 N–H and O–H groups in total. The Labute approximate surface area is 125 Å². The van der Waals surface area contributed by atoms with Crippen molar-refractivity contribution in [3.8, 4) is 5.75 Å². The molecule has 9 heteroatoms. The number of halogens is 2. The highest BCUT2D eigenvalue weighted by Crippen LogP contribution is 2.37. The summed E-state index contributed by atoms with van der Waals surface area (Å²) in [6.45, 7) is 0.0723. The number of benzene rings is 1. The topological polar surface area (TPSA) is 94.9 Å². The number of carboxylic acids is 1. The van der Waals surface area contributed by atoms with Crippen molar-refractivity contribution in [1.29, 1.82) is 0 Å². The molecule has 1 aliphatic rings. The molecule has 1 aromatic carbocycles. The lowest BCUT2D eigenvalue weighted by Gasteiger charge is -2.21. The van der Waals surface area contributed by atoms with E-state index >= 15 is 0 Å². The minimum atomic E-state index is -4.17. The van der Waals surface area contributed by atoms with E-state index in [0.717, 1.165) is 10.4 Å². The Morgan fingerprint density at radius 2 is 2.00 bits per heavy atom. The maximum atomic E-state index is 12.5. The molecule has 1 aromatic rings. The van der Waals surface area contributed by atoms with Gasteiger partial charge in [-0.3, -0.25) is 4.79 Å². The van der Waals surface area contributed by atoms with Crippen LogP contribution in [0.3, 0.4) is 0 Å². The molecule has 1 unspecified atom stereocenters. The molecule has 0 spiro atoms. The van der Waals surface area contributed by atoms with Crippen molar-refractivity contribution in [3.05, 3.63) is 22.2 Å². The van der Waals surface area contributed by atoms with Gasteiger partial charge in [0.05, 0.1) is 5.02 Å². The summed E-state index contributed by atoms with van der Waals surface area (Å²) >= 11 is 11.4. The molecule has 0 radical (unpaired) electrons. The number of aromatic hydroxyl groups is 1. The Morgan fingerprint density at radius 1 is 1.35 bits per heavy atom. The zero-order valence-corrected chi connectivity index (χ0v) is 12.4. The molecule has 1 atom stereocenters. The second-order valence-corrected chi connectivity index (χ2v) is 7.05. The molecule has 110 valence electrons. The molecule has 0 aromatic heterocycles. The van der Waals surface area contributed by atoms with Crippen LogP contribution in [0.15, 0.2) is 17.0 Å². The van der Waals surface area contributed by atoms with Crippen molar-refractivity contribution < 1.29 is 23.4 Å². The van der Waals surface area contributed by atoms with E-state index in [0.29, 0.717) is 6.42 Å². The van der Waals surface area contributed by atoms with Gasteiger partial charge in [-0.2, -0.15) is 4.31 Å². The van der Waals surface area contributed by atoms with Crippen LogP contribution in [0.4, 0.5) is 0 Å². The van der Waals surface area contributed by atoms with E-state index in [1.54, 1.807) is 0 Å². The normalized spacial score (nSPS) is 20.2. The molecule has 0 aliphatic carbocycles. The number of carbonyl (C=O) groups is 1. The maximum absolute atomic E-state index is 12.5. The minimum absolute atomic E-state index is 0.0393. The maximum Gasteiger partial charge on any atom is 0.322 e. The first kappa shape index (κ1) is 15.4. The highest BCUT2D eigenvalue weighted by atomic mass is 35.5. The van der Waals surface area contributed by atoms with Crippen molar-refractivity contribution >= 4 is 39.2 Å². The average Bonchev–Trinajstić information content (AvgIpc) is 2.83. The van der Waals surface area contributed by atoms with Gasteiger partial charge < -0.3 is 10.2 Å². The first-order chi connectivity index (χ1) is 9.25. The lowest BCUT2D eigenvalue weighted by Crippen LogP contribution is -2.40. The first-order valence-electron chi connectivity index (χ1n) is 5.68. The van der Waals surface area contributed by atoms with Gasteiger partial charge in [0, 0.05) is 11.6 Å². The highest BCUT2D eigenvalue weighted by molar-refractivity contribution is 7.89. The van der Waals surface area contributed by atoms with Crippen molar-refractivity contribution in [3.63, 3.8) is 0 Å². The van der Waals surface area contributed by atoms with Gasteiger partial charge in [-0.15, -0.1) is 0 Å². The number of hydrogen-bond acceptors (Lipinski definition) is 4. The van der Waals surface area contributed by atoms with Crippen LogP contribution in [0.25, 0.3) is 0 Å². The molecular formula is C11H11Cl2NO5S. The largest absolute Gasteiger partial charge is 0.505 e. The van der Waals surface area contributed by atoms with Crippen LogP contribution in [0.2, 0.25) is 10.0 Å². The van der Waals surface area contributed by atoms with Crippen molar-refractivity contribution in [2.24, 2.45) is 0 Å². The van der Waals surface area contributed by atoms with Crippen LogP contribution in [-0.4, -0.2) is 41.5 Å². The fraction of sp³-hybridized carbons (Fsp3) is 0.364. The Kier molecular flexibility index (Phi) is 4.15. The summed E-state index contributed by atoms with van der Waals surface area (Å²) in [7, 11) is -4.17. The van der Waals surface area contributed by atoms with Gasteiger partial charge in [0.15, 0.2) is 5.75 Å². The third-order valence-electron chi connectivity index (χ3n) is 3.07. The molecule has 1 fully saturated rings. The summed E-state index contributed by atoms with van der Waals surface area (Å²) < 4.78 is 25.8. The van der Waals surface area contributed by atoms with Crippen LogP contribution >= 0.6 is 23.2 Å². The number of phenols is 1. The van der Waals surface area contributed by atoms with E-state index < -0.39 is 32.7 Å². The van der Waals surface area contributed by atoms with Crippen LogP contribution in [0.5, 0.6) is 5.75 Å². The fourth-order valence-corrected chi connectivity index (χ4v) is 4.54. The molecule has 1 aliphatic heterocycles. The molecule has 20 heavy (non-hydrogen) atoms. The summed E-state index contributed by atoms with van der Waals surface area (Å²) in [5, 5.41) is 18.7. The SMILES string of the molecule is O=C(O)C1CCCN1S(=O)(=O)c1cc(Cl)cc(Cl)c1O. The highest BCUT2D eigenvalue weighted by Gasteiger charge is 2.40. The van der Waals surface area contributed by atoms with Gasteiger partial charge in [-0.05, 0) is 25.0 Å². The summed E-state index contributed by atoms with van der Waals surface area (Å²) in [5.74, 6) is -1.86. The molecule has 1 heterocycles. The van der Waals surface area contributed by atoms with E-state index in [-0.39, 0.29) is 23.0 Å². The number of carboxylic acid groups (broad SMARTS) is 1. The molecular weight excluding hydrogens is 329 g/mol. The Morgan fingerprint density at radius 3 is 2.60 bits per heavy atom. The second-order valence-electron chi connectivity index (χ2n) is 4.35. The van der Waals surface area contributed by atoms with E-state index in [1.165, 1.54) is 6.07 Å². The van der Waals surface area contributed by atoms with Crippen LogP contribution in [0.1, 0.15) is 12.8 Å². The standard InChI is InChI=1S/C11H11Cl2NO5S/c12-6-4-7(13)10(15)9(5-6)20(18,19)14-3-1-2-8(14)11(16)17/h4-5,8,15H,1-3H2,(H,16,17). The lowest BCUT2D eigenvalue weighted by molar-refractivity contribution is -0.140. The van der Waals surface area contributed by atoms with Gasteiger partial charge in [-0.1, -0.05) is 23.2 Å². The number of aliphatic carboxylic acids is 1. The number of sulfonamides is 1. The number of phenolic OH excluding ortho intramolecular Hbond substituents is 1. The Balaban J connectivity index is 2.53. The minimum Gasteiger partial charge on any atom is -0.505 e. The summed E-state index contributed by atoms with van der Waals surface area (Å²) in [5.41, 5.74) is 0. The average molecular weight is 340 g/mol. The Hall–Kier alpha value is -1.02. The van der Waals surface area contributed by atoms with Crippen molar-refractivity contribution in [2.45, 2.75) is 23.8 Å². The first-order valence-corrected chi connectivity index (χ1v) is 7.87. The summed E-state index contributed by atoms with van der Waals surface area (Å²) in [4.78, 5) is 10.6. The molecule has 0 bridgehead atoms. The number of hydrogen-bond donors (Lipinski definition) is 2. The predicted molar refractivity (Wildman–Crippen MR) is 72.7 cm³/mol. The van der Waals surface area contributed by atoms with Gasteiger partial charge >= 0.3 is 5.97 Å². The van der Waals surface area contributed by atoms with Crippen LogP contribution < -0.4 is 0 Å². The quantitative estimate of drug-likeness (QED) is 0.877. The van der Waals surface area contributed by atoms with Gasteiger partial charge in [-0.25, -0.2) is 8.42 Å². The van der Waals surface area contributed by atoms with Crippen molar-refractivity contribution in [2.75, 3.05) is 6.54 Å². The fourth-order valence-electron chi connectivity index (χ4n) is 2.14.